The number of carboxylic acid groups (broad SMARTS) is 1. The lowest BCUT2D eigenvalue weighted by molar-refractivity contribution is -0.144. The molecule has 1 heterocycles. The third kappa shape index (κ3) is 3.73. The molecule has 0 spiro atoms. The number of aliphatic carboxylic acids is 1. The lowest BCUT2D eigenvalue weighted by Crippen LogP contribution is -2.45. The van der Waals surface area contributed by atoms with Gasteiger partial charge in [0.05, 0.1) is 7.11 Å². The quantitative estimate of drug-likeness (QED) is 0.868. The lowest BCUT2D eigenvalue weighted by Gasteiger charge is -2.32. The molecular formula is C16H23NO3. The molecule has 1 unspecified atom stereocenters. The summed E-state index contributed by atoms with van der Waals surface area (Å²) >= 11 is 0. The molecule has 0 amide bonds. The fourth-order valence-corrected chi connectivity index (χ4v) is 2.92. The molecule has 0 bridgehead atoms. The summed E-state index contributed by atoms with van der Waals surface area (Å²) < 4.78 is 5.34. The highest BCUT2D eigenvalue weighted by atomic mass is 16.5. The molecule has 0 radical (unpaired) electrons. The minimum atomic E-state index is -0.679. The topological polar surface area (TPSA) is 49.8 Å². The van der Waals surface area contributed by atoms with Crippen molar-refractivity contribution in [2.24, 2.45) is 0 Å². The first kappa shape index (κ1) is 14.9. The van der Waals surface area contributed by atoms with Gasteiger partial charge in [-0.15, -0.1) is 0 Å². The zero-order valence-corrected chi connectivity index (χ0v) is 12.0. The maximum absolute atomic E-state index is 11.2. The molecule has 1 aliphatic heterocycles. The number of carbonyl (C=O) groups is 1. The summed E-state index contributed by atoms with van der Waals surface area (Å²) in [4.78, 5) is 13.3. The molecule has 4 heteroatoms. The van der Waals surface area contributed by atoms with Crippen LogP contribution in [0, 0.1) is 0 Å². The van der Waals surface area contributed by atoms with E-state index in [0.29, 0.717) is 0 Å². The van der Waals surface area contributed by atoms with Gasteiger partial charge < -0.3 is 9.84 Å². The second-order valence-corrected chi connectivity index (χ2v) is 5.30. The number of hydrogen-bond acceptors (Lipinski definition) is 3. The molecule has 20 heavy (non-hydrogen) atoms. The standard InChI is InChI=1S/C16H23NO3/c1-20-15-10-3-2-7-13(15)8-6-12-17-11-5-4-9-14(17)16(18)19/h2-3,7,10,14H,4-6,8-9,11-12H2,1H3,(H,18,19). The number of ether oxygens (including phenoxy) is 1. The lowest BCUT2D eigenvalue weighted by atomic mass is 10.0. The van der Waals surface area contributed by atoms with Crippen molar-refractivity contribution in [3.05, 3.63) is 29.8 Å². The highest BCUT2D eigenvalue weighted by Crippen LogP contribution is 2.21. The molecule has 1 N–H and O–H groups in total. The number of rotatable bonds is 6. The summed E-state index contributed by atoms with van der Waals surface area (Å²) in [6.45, 7) is 1.75. The van der Waals surface area contributed by atoms with Gasteiger partial charge in [0.15, 0.2) is 0 Å². The van der Waals surface area contributed by atoms with E-state index in [0.717, 1.165) is 50.9 Å². The van der Waals surface area contributed by atoms with Gasteiger partial charge in [0, 0.05) is 0 Å². The van der Waals surface area contributed by atoms with Gasteiger partial charge in [-0.05, 0) is 50.4 Å². The normalized spacial score (nSPS) is 19.8. The Hall–Kier alpha value is -1.55. The molecule has 0 saturated carbocycles. The van der Waals surface area contributed by atoms with Gasteiger partial charge in [0.1, 0.15) is 11.8 Å². The van der Waals surface area contributed by atoms with E-state index >= 15 is 0 Å². The third-order valence-electron chi connectivity index (χ3n) is 3.98. The first-order chi connectivity index (χ1) is 9.72. The largest absolute Gasteiger partial charge is 0.496 e. The molecule has 1 fully saturated rings. The van der Waals surface area contributed by atoms with Crippen LogP contribution < -0.4 is 4.74 Å². The SMILES string of the molecule is COc1ccccc1CCCN1CCCCC1C(=O)O. The molecule has 1 atom stereocenters. The van der Waals surface area contributed by atoms with E-state index < -0.39 is 5.97 Å². The predicted octanol–water partition coefficient (Wildman–Crippen LogP) is 2.57. The van der Waals surface area contributed by atoms with Crippen molar-refractivity contribution in [1.82, 2.24) is 4.90 Å². The number of nitrogens with zero attached hydrogens (tertiary/aromatic N) is 1. The van der Waals surface area contributed by atoms with Gasteiger partial charge in [-0.2, -0.15) is 0 Å². The Morgan fingerprint density at radius 2 is 2.20 bits per heavy atom. The van der Waals surface area contributed by atoms with Crippen molar-refractivity contribution < 1.29 is 14.6 Å². The minimum absolute atomic E-state index is 0.290. The van der Waals surface area contributed by atoms with E-state index in [4.69, 9.17) is 4.74 Å². The number of benzene rings is 1. The number of methoxy groups -OCH3 is 1. The van der Waals surface area contributed by atoms with Crippen molar-refractivity contribution in [1.29, 1.82) is 0 Å². The second kappa shape index (κ2) is 7.29. The van der Waals surface area contributed by atoms with E-state index in [9.17, 15) is 9.90 Å². The van der Waals surface area contributed by atoms with Gasteiger partial charge in [-0.25, -0.2) is 0 Å². The minimum Gasteiger partial charge on any atom is -0.496 e. The van der Waals surface area contributed by atoms with Gasteiger partial charge in [0.2, 0.25) is 0 Å². The van der Waals surface area contributed by atoms with Crippen LogP contribution in [0.5, 0.6) is 5.75 Å². The zero-order chi connectivity index (χ0) is 14.4. The van der Waals surface area contributed by atoms with Gasteiger partial charge in [0.25, 0.3) is 0 Å². The Morgan fingerprint density at radius 3 is 2.95 bits per heavy atom. The highest BCUT2D eigenvalue weighted by molar-refractivity contribution is 5.73. The van der Waals surface area contributed by atoms with Crippen LogP contribution in [0.2, 0.25) is 0 Å². The van der Waals surface area contributed by atoms with E-state index in [1.807, 2.05) is 18.2 Å². The molecule has 110 valence electrons. The molecule has 1 aliphatic rings. The van der Waals surface area contributed by atoms with E-state index in [1.165, 1.54) is 5.56 Å². The number of para-hydroxylation sites is 1. The number of likely N-dealkylation sites (tertiary alicyclic amines) is 1. The first-order valence-electron chi connectivity index (χ1n) is 7.31. The molecule has 1 aromatic rings. The molecule has 0 aliphatic carbocycles. The van der Waals surface area contributed by atoms with Crippen molar-refractivity contribution in [2.45, 2.75) is 38.1 Å². The highest BCUT2D eigenvalue weighted by Gasteiger charge is 2.27. The van der Waals surface area contributed by atoms with Gasteiger partial charge >= 0.3 is 5.97 Å². The van der Waals surface area contributed by atoms with Crippen molar-refractivity contribution in [3.63, 3.8) is 0 Å². The van der Waals surface area contributed by atoms with Crippen molar-refractivity contribution in [2.75, 3.05) is 20.2 Å². The van der Waals surface area contributed by atoms with Crippen molar-refractivity contribution in [3.8, 4) is 5.75 Å². The predicted molar refractivity (Wildman–Crippen MR) is 78.2 cm³/mol. The Balaban J connectivity index is 1.86. The van der Waals surface area contributed by atoms with Crippen molar-refractivity contribution >= 4 is 5.97 Å². The Morgan fingerprint density at radius 1 is 1.40 bits per heavy atom. The molecule has 0 aromatic heterocycles. The molecular weight excluding hydrogens is 254 g/mol. The van der Waals surface area contributed by atoms with E-state index in [1.54, 1.807) is 7.11 Å². The number of piperidine rings is 1. The van der Waals surface area contributed by atoms with Crippen LogP contribution in [0.3, 0.4) is 0 Å². The summed E-state index contributed by atoms with van der Waals surface area (Å²) in [5.74, 6) is 0.239. The molecule has 1 saturated heterocycles. The van der Waals surface area contributed by atoms with Gasteiger partial charge in [-0.3, -0.25) is 9.69 Å². The monoisotopic (exact) mass is 277 g/mol. The summed E-state index contributed by atoms with van der Waals surface area (Å²) in [7, 11) is 1.68. The smallest absolute Gasteiger partial charge is 0.320 e. The number of carboxylic acids is 1. The summed E-state index contributed by atoms with van der Waals surface area (Å²) in [5, 5.41) is 9.25. The molecule has 4 nitrogen and oxygen atoms in total. The van der Waals surface area contributed by atoms with Crippen LogP contribution in [0.15, 0.2) is 24.3 Å². The van der Waals surface area contributed by atoms with Gasteiger partial charge in [-0.1, -0.05) is 24.6 Å². The summed E-state index contributed by atoms with van der Waals surface area (Å²) in [5.41, 5.74) is 1.19. The molecule has 1 aromatic carbocycles. The number of aryl methyl sites for hydroxylation is 1. The average molecular weight is 277 g/mol. The maximum Gasteiger partial charge on any atom is 0.320 e. The zero-order valence-electron chi connectivity index (χ0n) is 12.0. The third-order valence-corrected chi connectivity index (χ3v) is 3.98. The maximum atomic E-state index is 11.2. The average Bonchev–Trinajstić information content (AvgIpc) is 2.48. The van der Waals surface area contributed by atoms with Crippen LogP contribution in [-0.4, -0.2) is 42.2 Å². The van der Waals surface area contributed by atoms with Crippen LogP contribution in [0.4, 0.5) is 0 Å². The van der Waals surface area contributed by atoms with E-state index in [2.05, 4.69) is 11.0 Å². The second-order valence-electron chi connectivity index (χ2n) is 5.30. The first-order valence-corrected chi connectivity index (χ1v) is 7.31. The summed E-state index contributed by atoms with van der Waals surface area (Å²) in [6.07, 6.45) is 4.80. The summed E-state index contributed by atoms with van der Waals surface area (Å²) in [6, 6.07) is 7.73. The number of hydrogen-bond donors (Lipinski definition) is 1. The van der Waals surface area contributed by atoms with Crippen LogP contribution in [0.1, 0.15) is 31.2 Å². The Bertz CT molecular complexity index is 447. The van der Waals surface area contributed by atoms with E-state index in [-0.39, 0.29) is 6.04 Å². The fraction of sp³-hybridized carbons (Fsp3) is 0.562. The Kier molecular flexibility index (Phi) is 5.41. The van der Waals surface area contributed by atoms with Crippen LogP contribution in [0.25, 0.3) is 0 Å². The van der Waals surface area contributed by atoms with Crippen LogP contribution in [-0.2, 0) is 11.2 Å². The molecule has 2 rings (SSSR count). The Labute approximate surface area is 120 Å². The van der Waals surface area contributed by atoms with Crippen LogP contribution >= 0.6 is 0 Å². The fourth-order valence-electron chi connectivity index (χ4n) is 2.92.